The zero-order valence-corrected chi connectivity index (χ0v) is 13.2. The van der Waals surface area contributed by atoms with E-state index in [9.17, 15) is 4.39 Å². The first kappa shape index (κ1) is 16.6. The molecule has 0 atom stereocenters. The molecule has 0 aliphatic rings. The van der Waals surface area contributed by atoms with E-state index in [1.165, 1.54) is 17.7 Å². The summed E-state index contributed by atoms with van der Waals surface area (Å²) in [5.41, 5.74) is 7.65. The third-order valence-corrected chi connectivity index (χ3v) is 3.59. The Kier molecular flexibility index (Phi) is 6.04. The molecule has 2 rings (SSSR count). The van der Waals surface area contributed by atoms with Crippen LogP contribution in [-0.4, -0.2) is 13.7 Å². The number of hydrogen-bond acceptors (Lipinski definition) is 3. The molecule has 0 bridgehead atoms. The highest BCUT2D eigenvalue weighted by atomic mass is 35.5. The molecule has 0 saturated carbocycles. The molecule has 0 saturated heterocycles. The normalized spacial score (nSPS) is 10.5. The molecule has 0 heterocycles. The van der Waals surface area contributed by atoms with E-state index in [1.807, 2.05) is 18.2 Å². The van der Waals surface area contributed by atoms with Crippen LogP contribution in [0.3, 0.4) is 0 Å². The summed E-state index contributed by atoms with van der Waals surface area (Å²) in [6, 6.07) is 10.3. The number of hydrogen-bond donors (Lipinski definition) is 1. The summed E-state index contributed by atoms with van der Waals surface area (Å²) in [4.78, 5) is 0. The van der Waals surface area contributed by atoms with E-state index >= 15 is 0 Å². The smallest absolute Gasteiger partial charge is 0.142 e. The van der Waals surface area contributed by atoms with Gasteiger partial charge in [0.25, 0.3) is 0 Å². The lowest BCUT2D eigenvalue weighted by atomic mass is 10.1. The quantitative estimate of drug-likeness (QED) is 0.839. The van der Waals surface area contributed by atoms with Gasteiger partial charge in [-0.25, -0.2) is 4.39 Å². The second-order valence-corrected chi connectivity index (χ2v) is 5.31. The van der Waals surface area contributed by atoms with Gasteiger partial charge in [0, 0.05) is 11.6 Å². The van der Waals surface area contributed by atoms with E-state index in [0.717, 1.165) is 24.2 Å². The van der Waals surface area contributed by atoms with Gasteiger partial charge >= 0.3 is 0 Å². The largest absolute Gasteiger partial charge is 0.496 e. The molecule has 3 nitrogen and oxygen atoms in total. The van der Waals surface area contributed by atoms with Crippen molar-refractivity contribution in [2.45, 2.75) is 19.4 Å². The maximum Gasteiger partial charge on any atom is 0.142 e. The molecule has 5 heteroatoms. The summed E-state index contributed by atoms with van der Waals surface area (Å²) in [5, 5.41) is 0.0427. The molecule has 2 aromatic rings. The summed E-state index contributed by atoms with van der Waals surface area (Å²) in [6.45, 7) is 0.980. The molecule has 0 aliphatic carbocycles. The van der Waals surface area contributed by atoms with Crippen molar-refractivity contribution in [2.24, 2.45) is 5.73 Å². The lowest BCUT2D eigenvalue weighted by Gasteiger charge is -2.12. The zero-order valence-electron chi connectivity index (χ0n) is 12.4. The van der Waals surface area contributed by atoms with Crippen LogP contribution in [0, 0.1) is 5.82 Å². The lowest BCUT2D eigenvalue weighted by molar-refractivity contribution is 0.296. The van der Waals surface area contributed by atoms with Crippen molar-refractivity contribution in [2.75, 3.05) is 13.7 Å². The SMILES string of the molecule is COc1ccc(CCCN)cc1COc1ccc(F)c(Cl)c1. The molecule has 0 spiro atoms. The maximum atomic E-state index is 13.1. The van der Waals surface area contributed by atoms with Gasteiger partial charge in [-0.2, -0.15) is 0 Å². The number of halogens is 2. The summed E-state index contributed by atoms with van der Waals surface area (Å²) in [5.74, 6) is 0.806. The van der Waals surface area contributed by atoms with Crippen LogP contribution in [0.2, 0.25) is 5.02 Å². The van der Waals surface area contributed by atoms with E-state index in [4.69, 9.17) is 26.8 Å². The van der Waals surface area contributed by atoms with Gasteiger partial charge in [0.05, 0.1) is 12.1 Å². The molecule has 2 aromatic carbocycles. The third-order valence-electron chi connectivity index (χ3n) is 3.30. The van der Waals surface area contributed by atoms with Crippen LogP contribution in [-0.2, 0) is 13.0 Å². The Morgan fingerprint density at radius 1 is 1.18 bits per heavy atom. The fourth-order valence-electron chi connectivity index (χ4n) is 2.13. The van der Waals surface area contributed by atoms with Crippen LogP contribution in [0.15, 0.2) is 36.4 Å². The van der Waals surface area contributed by atoms with E-state index in [2.05, 4.69) is 0 Å². The molecule has 22 heavy (non-hydrogen) atoms. The monoisotopic (exact) mass is 323 g/mol. The number of rotatable bonds is 7. The molecule has 0 unspecified atom stereocenters. The number of ether oxygens (including phenoxy) is 2. The molecule has 118 valence electrons. The third kappa shape index (κ3) is 4.36. The van der Waals surface area contributed by atoms with Crippen molar-refractivity contribution in [3.8, 4) is 11.5 Å². The predicted octanol–water partition coefficient (Wildman–Crippen LogP) is 3.96. The summed E-state index contributed by atoms with van der Waals surface area (Å²) < 4.78 is 24.2. The van der Waals surface area contributed by atoms with E-state index in [0.29, 0.717) is 18.9 Å². The average molecular weight is 324 g/mol. The van der Waals surface area contributed by atoms with Gasteiger partial charge in [-0.15, -0.1) is 0 Å². The minimum Gasteiger partial charge on any atom is -0.496 e. The standard InChI is InChI=1S/C17H19ClFNO2/c1-21-17-7-4-12(3-2-8-20)9-13(17)11-22-14-5-6-16(19)15(18)10-14/h4-7,9-10H,2-3,8,11,20H2,1H3. The van der Waals surface area contributed by atoms with Crippen molar-refractivity contribution in [3.05, 3.63) is 58.4 Å². The predicted molar refractivity (Wildman–Crippen MR) is 86.1 cm³/mol. The lowest BCUT2D eigenvalue weighted by Crippen LogP contribution is -2.03. The Labute approximate surface area is 134 Å². The molecular formula is C17H19ClFNO2. The Morgan fingerprint density at radius 3 is 2.68 bits per heavy atom. The minimum atomic E-state index is -0.463. The van der Waals surface area contributed by atoms with Crippen molar-refractivity contribution in [1.29, 1.82) is 0 Å². The first-order valence-electron chi connectivity index (χ1n) is 7.07. The molecule has 0 amide bonds. The van der Waals surface area contributed by atoms with E-state index in [1.54, 1.807) is 13.2 Å². The summed E-state index contributed by atoms with van der Waals surface area (Å²) in [6.07, 6.45) is 1.84. The second-order valence-electron chi connectivity index (χ2n) is 4.90. The van der Waals surface area contributed by atoms with Crippen LogP contribution >= 0.6 is 11.6 Å². The van der Waals surface area contributed by atoms with Crippen LogP contribution < -0.4 is 15.2 Å². The Hall–Kier alpha value is -1.78. The number of aryl methyl sites for hydroxylation is 1. The van der Waals surface area contributed by atoms with E-state index in [-0.39, 0.29) is 5.02 Å². The Bertz CT molecular complexity index is 634. The summed E-state index contributed by atoms with van der Waals surface area (Å²) in [7, 11) is 1.62. The first-order chi connectivity index (χ1) is 10.6. The topological polar surface area (TPSA) is 44.5 Å². The minimum absolute atomic E-state index is 0.0427. The first-order valence-corrected chi connectivity index (χ1v) is 7.45. The summed E-state index contributed by atoms with van der Waals surface area (Å²) >= 11 is 5.75. The number of nitrogens with two attached hydrogens (primary N) is 1. The van der Waals surface area contributed by atoms with Crippen molar-refractivity contribution < 1.29 is 13.9 Å². The van der Waals surface area contributed by atoms with Gasteiger partial charge in [0.2, 0.25) is 0 Å². The van der Waals surface area contributed by atoms with Crippen LogP contribution in [0.1, 0.15) is 17.5 Å². The highest BCUT2D eigenvalue weighted by Gasteiger charge is 2.07. The number of methoxy groups -OCH3 is 1. The van der Waals surface area contributed by atoms with Crippen LogP contribution in [0.25, 0.3) is 0 Å². The average Bonchev–Trinajstić information content (AvgIpc) is 2.54. The van der Waals surface area contributed by atoms with E-state index < -0.39 is 5.82 Å². The fraction of sp³-hybridized carbons (Fsp3) is 0.294. The van der Waals surface area contributed by atoms with Crippen molar-refractivity contribution >= 4 is 11.6 Å². The van der Waals surface area contributed by atoms with Crippen LogP contribution in [0.5, 0.6) is 11.5 Å². The van der Waals surface area contributed by atoms with Crippen molar-refractivity contribution in [1.82, 2.24) is 0 Å². The maximum absolute atomic E-state index is 13.1. The van der Waals surface area contributed by atoms with Gasteiger partial charge < -0.3 is 15.2 Å². The molecule has 2 N–H and O–H groups in total. The van der Waals surface area contributed by atoms with Gasteiger partial charge in [-0.3, -0.25) is 0 Å². The highest BCUT2D eigenvalue weighted by Crippen LogP contribution is 2.25. The molecular weight excluding hydrogens is 305 g/mol. The fourth-order valence-corrected chi connectivity index (χ4v) is 2.30. The number of benzene rings is 2. The molecule has 0 aliphatic heterocycles. The van der Waals surface area contributed by atoms with Crippen molar-refractivity contribution in [3.63, 3.8) is 0 Å². The second kappa shape index (κ2) is 8.01. The molecule has 0 aromatic heterocycles. The molecule has 0 fully saturated rings. The van der Waals surface area contributed by atoms with Gasteiger partial charge in [-0.05, 0) is 49.2 Å². The Balaban J connectivity index is 2.11. The zero-order chi connectivity index (χ0) is 15.9. The Morgan fingerprint density at radius 2 is 2.00 bits per heavy atom. The van der Waals surface area contributed by atoms with Crippen LogP contribution in [0.4, 0.5) is 4.39 Å². The van der Waals surface area contributed by atoms with Gasteiger partial charge in [0.15, 0.2) is 0 Å². The van der Waals surface area contributed by atoms with Gasteiger partial charge in [-0.1, -0.05) is 17.7 Å². The van der Waals surface area contributed by atoms with Gasteiger partial charge in [0.1, 0.15) is 23.9 Å². The molecule has 0 radical (unpaired) electrons. The highest BCUT2D eigenvalue weighted by molar-refractivity contribution is 6.30.